The first kappa shape index (κ1) is 31.0. The first-order valence-corrected chi connectivity index (χ1v) is 15.3. The van der Waals surface area contributed by atoms with Gasteiger partial charge in [-0.05, 0) is 42.7 Å². The summed E-state index contributed by atoms with van der Waals surface area (Å²) in [7, 11) is 3.38. The minimum absolute atomic E-state index is 0.00142. The van der Waals surface area contributed by atoms with Gasteiger partial charge in [0.05, 0.1) is 24.0 Å². The zero-order valence-corrected chi connectivity index (χ0v) is 26.3. The number of imide groups is 1. The molecule has 0 unspecified atom stereocenters. The number of halogens is 2. The van der Waals surface area contributed by atoms with Gasteiger partial charge in [-0.1, -0.05) is 18.5 Å². The maximum absolute atomic E-state index is 15.3. The van der Waals surface area contributed by atoms with Crippen LogP contribution in [-0.4, -0.2) is 78.3 Å². The van der Waals surface area contributed by atoms with E-state index in [1.165, 1.54) is 16.0 Å². The number of amidine groups is 1. The van der Waals surface area contributed by atoms with Gasteiger partial charge in [0.1, 0.15) is 10.9 Å². The Morgan fingerprint density at radius 1 is 1.15 bits per heavy atom. The van der Waals surface area contributed by atoms with Gasteiger partial charge in [0.25, 0.3) is 0 Å². The fraction of sp³-hybridized carbons (Fsp3) is 0.355. The third-order valence-electron chi connectivity index (χ3n) is 8.67. The molecule has 2 atom stereocenters. The van der Waals surface area contributed by atoms with Crippen molar-refractivity contribution >= 4 is 69.8 Å². The van der Waals surface area contributed by atoms with Gasteiger partial charge in [-0.25, -0.2) is 14.2 Å². The Bertz CT molecular complexity index is 1750. The van der Waals surface area contributed by atoms with Gasteiger partial charge >= 0.3 is 6.03 Å². The Labute approximate surface area is 270 Å². The summed E-state index contributed by atoms with van der Waals surface area (Å²) in [5.74, 6) is -0.0668. The molecular weight excluding hydrogens is 615 g/mol. The highest BCUT2D eigenvalue weighted by Gasteiger charge is 2.31. The third kappa shape index (κ3) is 5.87. The normalized spacial score (nSPS) is 19.6. The Morgan fingerprint density at radius 2 is 1.96 bits per heavy atom. The summed E-state index contributed by atoms with van der Waals surface area (Å²) in [4.78, 5) is 49.7. The van der Waals surface area contributed by atoms with Crippen LogP contribution >= 0.6 is 11.6 Å². The standard InChI is InChI=1S/C31H34ClFN10O3/c1-16-15-42(30-36-14-20(32)29(40-30)38-22-6-7-24-19(27(22)33)13-26(45)41(24)3)10-8-21(16)37-17-4-5-18(23(12-17)35-2)28(34)43-11-9-25(44)39-31(43)46/h4-7,12,14,16,21,34-35,37H,8-11,13,15H2,1-3H3,(H,36,38,40)(H,39,44,46)/t16-,21-/m1/s1. The van der Waals surface area contributed by atoms with E-state index in [1.807, 2.05) is 12.1 Å². The predicted octanol–water partition coefficient (Wildman–Crippen LogP) is 4.17. The third-order valence-corrected chi connectivity index (χ3v) is 8.95. The average molecular weight is 649 g/mol. The number of rotatable bonds is 7. The van der Waals surface area contributed by atoms with Gasteiger partial charge < -0.3 is 25.8 Å². The molecule has 5 N–H and O–H groups in total. The molecule has 3 aliphatic rings. The molecule has 13 nitrogen and oxygen atoms in total. The molecule has 3 aliphatic heterocycles. The number of nitrogens with one attached hydrogen (secondary N) is 5. The van der Waals surface area contributed by atoms with Crippen molar-refractivity contribution in [3.05, 3.63) is 58.5 Å². The van der Waals surface area contributed by atoms with E-state index in [0.29, 0.717) is 41.5 Å². The van der Waals surface area contributed by atoms with Crippen LogP contribution in [0, 0.1) is 17.1 Å². The van der Waals surface area contributed by atoms with Crippen molar-refractivity contribution in [3.63, 3.8) is 0 Å². The van der Waals surface area contributed by atoms with Crippen molar-refractivity contribution in [2.24, 2.45) is 5.92 Å². The lowest BCUT2D eigenvalue weighted by Gasteiger charge is -2.38. The lowest BCUT2D eigenvalue weighted by molar-refractivity contribution is -0.121. The fourth-order valence-electron chi connectivity index (χ4n) is 6.05. The molecule has 0 radical (unpaired) electrons. The second-order valence-corrected chi connectivity index (χ2v) is 12.0. The van der Waals surface area contributed by atoms with Crippen LogP contribution in [0.25, 0.3) is 0 Å². The van der Waals surface area contributed by atoms with E-state index < -0.39 is 11.8 Å². The van der Waals surface area contributed by atoms with Crippen molar-refractivity contribution in [3.8, 4) is 0 Å². The number of fused-ring (bicyclic) bond motifs is 1. The lowest BCUT2D eigenvalue weighted by Crippen LogP contribution is -2.52. The molecule has 4 heterocycles. The number of likely N-dealkylation sites (N-methyl/N-ethyl adjacent to an activating group) is 1. The highest BCUT2D eigenvalue weighted by atomic mass is 35.5. The number of carbonyl (C=O) groups is 3. The molecule has 0 saturated carbocycles. The molecule has 1 aromatic heterocycles. The van der Waals surface area contributed by atoms with Gasteiger partial charge in [-0.15, -0.1) is 0 Å². The number of aromatic nitrogens is 2. The van der Waals surface area contributed by atoms with E-state index in [1.54, 1.807) is 32.3 Å². The first-order valence-electron chi connectivity index (χ1n) is 14.9. The maximum atomic E-state index is 15.3. The minimum Gasteiger partial charge on any atom is -0.387 e. The summed E-state index contributed by atoms with van der Waals surface area (Å²) < 4.78 is 15.3. The van der Waals surface area contributed by atoms with Crippen LogP contribution in [0.1, 0.15) is 30.9 Å². The molecule has 2 saturated heterocycles. The zero-order chi connectivity index (χ0) is 32.7. The van der Waals surface area contributed by atoms with Gasteiger partial charge in [0, 0.05) is 68.7 Å². The topological polar surface area (TPSA) is 159 Å². The van der Waals surface area contributed by atoms with E-state index >= 15 is 4.39 Å². The van der Waals surface area contributed by atoms with E-state index in [0.717, 1.165) is 12.1 Å². The molecule has 240 valence electrons. The molecule has 6 rings (SSSR count). The number of benzene rings is 2. The number of piperidine rings is 1. The highest BCUT2D eigenvalue weighted by Crippen LogP contribution is 2.36. The molecule has 0 spiro atoms. The maximum Gasteiger partial charge on any atom is 0.329 e. The Balaban J connectivity index is 1.11. The molecule has 0 bridgehead atoms. The number of amides is 4. The highest BCUT2D eigenvalue weighted by molar-refractivity contribution is 6.33. The van der Waals surface area contributed by atoms with Crippen LogP contribution in [-0.2, 0) is 16.0 Å². The number of carbonyl (C=O) groups excluding carboxylic acids is 3. The van der Waals surface area contributed by atoms with Crippen LogP contribution in [0.15, 0.2) is 36.5 Å². The molecular formula is C31H34ClFN10O3. The van der Waals surface area contributed by atoms with Crippen molar-refractivity contribution in [1.82, 2.24) is 20.2 Å². The van der Waals surface area contributed by atoms with Crippen LogP contribution < -0.4 is 31.1 Å². The summed E-state index contributed by atoms with van der Waals surface area (Å²) in [6.07, 6.45) is 2.42. The summed E-state index contributed by atoms with van der Waals surface area (Å²) in [5.41, 5.74) is 3.16. The van der Waals surface area contributed by atoms with Crippen molar-refractivity contribution in [2.45, 2.75) is 32.2 Å². The van der Waals surface area contributed by atoms with Crippen LogP contribution in [0.3, 0.4) is 0 Å². The number of anilines is 6. The summed E-state index contributed by atoms with van der Waals surface area (Å²) in [5, 5.41) is 20.8. The fourth-order valence-corrected chi connectivity index (χ4v) is 6.18. The molecule has 15 heteroatoms. The van der Waals surface area contributed by atoms with Crippen LogP contribution in [0.2, 0.25) is 5.02 Å². The van der Waals surface area contributed by atoms with E-state index in [9.17, 15) is 14.4 Å². The van der Waals surface area contributed by atoms with Crippen molar-refractivity contribution in [2.75, 3.05) is 59.5 Å². The van der Waals surface area contributed by atoms with E-state index in [4.69, 9.17) is 17.0 Å². The molecule has 46 heavy (non-hydrogen) atoms. The zero-order valence-electron chi connectivity index (χ0n) is 25.6. The van der Waals surface area contributed by atoms with Crippen molar-refractivity contribution in [1.29, 1.82) is 5.41 Å². The second kappa shape index (κ2) is 12.4. The number of hydrogen-bond acceptors (Lipinski definition) is 10. The molecule has 2 fully saturated rings. The second-order valence-electron chi connectivity index (χ2n) is 11.6. The van der Waals surface area contributed by atoms with Gasteiger partial charge in [0.2, 0.25) is 17.8 Å². The van der Waals surface area contributed by atoms with Gasteiger partial charge in [0.15, 0.2) is 11.6 Å². The van der Waals surface area contributed by atoms with E-state index in [-0.39, 0.29) is 65.5 Å². The summed E-state index contributed by atoms with van der Waals surface area (Å²) in [6, 6.07) is 8.38. The Hall–Kier alpha value is -4.98. The largest absolute Gasteiger partial charge is 0.387 e. The number of urea groups is 1. The Morgan fingerprint density at radius 3 is 2.70 bits per heavy atom. The average Bonchev–Trinajstić information content (AvgIpc) is 3.33. The first-order chi connectivity index (χ1) is 22.0. The summed E-state index contributed by atoms with van der Waals surface area (Å²) >= 11 is 6.40. The molecule has 2 aromatic carbocycles. The quantitative estimate of drug-likeness (QED) is 0.187. The number of nitrogens with zero attached hydrogens (tertiary/aromatic N) is 5. The smallest absolute Gasteiger partial charge is 0.329 e. The number of hydrogen-bond donors (Lipinski definition) is 5. The monoisotopic (exact) mass is 648 g/mol. The minimum atomic E-state index is -0.597. The SMILES string of the molecule is CNc1cc(N[C@@H]2CCN(c3ncc(Cl)c(Nc4ccc5c(c4F)CC(=O)N5C)n3)C[C@H]2C)ccc1C(=N)N1CCC(=O)NC1=O. The molecule has 0 aliphatic carbocycles. The Kier molecular flexibility index (Phi) is 8.38. The summed E-state index contributed by atoms with van der Waals surface area (Å²) in [6.45, 7) is 3.61. The van der Waals surface area contributed by atoms with E-state index in [2.05, 4.69) is 43.1 Å². The van der Waals surface area contributed by atoms with Gasteiger partial charge in [-0.3, -0.25) is 25.2 Å². The lowest BCUT2D eigenvalue weighted by atomic mass is 9.93. The van der Waals surface area contributed by atoms with Crippen LogP contribution in [0.5, 0.6) is 0 Å². The van der Waals surface area contributed by atoms with Crippen molar-refractivity contribution < 1.29 is 18.8 Å². The van der Waals surface area contributed by atoms with Gasteiger partial charge in [-0.2, -0.15) is 4.98 Å². The predicted molar refractivity (Wildman–Crippen MR) is 175 cm³/mol. The van der Waals surface area contributed by atoms with Crippen LogP contribution in [0.4, 0.5) is 43.7 Å². The molecule has 3 aromatic rings. The molecule has 4 amide bonds.